The fraction of sp³-hybridized carbons (Fsp3) is 0.481. The summed E-state index contributed by atoms with van der Waals surface area (Å²) in [6, 6.07) is 14.8. The maximum absolute atomic E-state index is 11.5. The van der Waals surface area contributed by atoms with Gasteiger partial charge in [0.05, 0.1) is 11.7 Å². The number of aryl methyl sites for hydroxylation is 1. The Bertz CT molecular complexity index is 1080. The minimum Gasteiger partial charge on any atom is -0.374 e. The lowest BCUT2D eigenvalue weighted by molar-refractivity contribution is -0.109. The van der Waals surface area contributed by atoms with Gasteiger partial charge in [-0.25, -0.2) is 0 Å². The number of hydrogen-bond donors (Lipinski definition) is 1. The Morgan fingerprint density at radius 1 is 1.16 bits per heavy atom. The van der Waals surface area contributed by atoms with Gasteiger partial charge < -0.3 is 19.5 Å². The molecule has 1 aromatic heterocycles. The van der Waals surface area contributed by atoms with Crippen molar-refractivity contribution in [3.05, 3.63) is 59.3 Å². The highest BCUT2D eigenvalue weighted by Gasteiger charge is 2.39. The maximum Gasteiger partial charge on any atom is 0.169 e. The van der Waals surface area contributed by atoms with Crippen LogP contribution in [0.1, 0.15) is 49.9 Å². The molecule has 0 saturated carbocycles. The van der Waals surface area contributed by atoms with Gasteiger partial charge in [-0.15, -0.1) is 0 Å². The van der Waals surface area contributed by atoms with Crippen LogP contribution in [0, 0.1) is 5.92 Å². The first-order valence-electron chi connectivity index (χ1n) is 12.0. The Hall–Kier alpha value is -2.66. The molecular weight excluding hydrogens is 398 g/mol. The topological polar surface area (TPSA) is 58.4 Å². The van der Waals surface area contributed by atoms with E-state index in [1.807, 2.05) is 6.07 Å². The second-order valence-electron chi connectivity index (χ2n) is 10.1. The van der Waals surface area contributed by atoms with Crippen LogP contribution in [0.3, 0.4) is 0 Å². The summed E-state index contributed by atoms with van der Waals surface area (Å²) in [6.07, 6.45) is 6.77. The van der Waals surface area contributed by atoms with E-state index in [0.717, 1.165) is 60.4 Å². The molecule has 0 amide bonds. The molecule has 0 spiro atoms. The molecule has 2 aliphatic heterocycles. The van der Waals surface area contributed by atoms with Gasteiger partial charge >= 0.3 is 0 Å². The van der Waals surface area contributed by atoms with Crippen LogP contribution in [0.25, 0.3) is 11.0 Å². The van der Waals surface area contributed by atoms with Gasteiger partial charge in [0.15, 0.2) is 5.58 Å². The van der Waals surface area contributed by atoms with Crippen LogP contribution in [-0.4, -0.2) is 42.0 Å². The van der Waals surface area contributed by atoms with Crippen molar-refractivity contribution in [2.75, 3.05) is 25.0 Å². The van der Waals surface area contributed by atoms with Crippen LogP contribution < -0.4 is 5.32 Å². The number of nitrogens with one attached hydrogen (secondary N) is 1. The van der Waals surface area contributed by atoms with Gasteiger partial charge in [0.25, 0.3) is 0 Å². The van der Waals surface area contributed by atoms with Crippen molar-refractivity contribution in [2.24, 2.45) is 5.92 Å². The van der Waals surface area contributed by atoms with Gasteiger partial charge in [0.1, 0.15) is 6.29 Å². The van der Waals surface area contributed by atoms with E-state index in [1.165, 1.54) is 37.1 Å². The largest absolute Gasteiger partial charge is 0.374 e. The van der Waals surface area contributed by atoms with E-state index in [-0.39, 0.29) is 11.5 Å². The Morgan fingerprint density at radius 2 is 1.94 bits per heavy atom. The van der Waals surface area contributed by atoms with Crippen LogP contribution >= 0.6 is 0 Å². The molecule has 0 bridgehead atoms. The average molecular weight is 432 g/mol. The van der Waals surface area contributed by atoms with Crippen molar-refractivity contribution in [2.45, 2.75) is 57.4 Å². The Morgan fingerprint density at radius 3 is 2.69 bits per heavy atom. The van der Waals surface area contributed by atoms with E-state index in [2.05, 4.69) is 65.6 Å². The SMILES string of the molecule is CC1(C)c2cc3c(CCC4CCN(CCc5ccccc5)CC4)noc3cc2NC1C=O. The highest BCUT2D eigenvalue weighted by atomic mass is 16.5. The molecule has 0 radical (unpaired) electrons. The first kappa shape index (κ1) is 21.2. The van der Waals surface area contributed by atoms with Crippen molar-refractivity contribution in [1.82, 2.24) is 10.1 Å². The molecule has 5 rings (SSSR count). The van der Waals surface area contributed by atoms with E-state index in [1.54, 1.807) is 0 Å². The molecule has 168 valence electrons. The number of nitrogens with zero attached hydrogens (tertiary/aromatic N) is 2. The fourth-order valence-corrected chi connectivity index (χ4v) is 5.36. The van der Waals surface area contributed by atoms with E-state index in [4.69, 9.17) is 4.52 Å². The number of hydrogen-bond acceptors (Lipinski definition) is 5. The molecule has 1 saturated heterocycles. The summed E-state index contributed by atoms with van der Waals surface area (Å²) in [4.78, 5) is 14.1. The molecule has 1 fully saturated rings. The van der Waals surface area contributed by atoms with E-state index >= 15 is 0 Å². The van der Waals surface area contributed by atoms with Gasteiger partial charge in [0, 0.05) is 29.1 Å². The molecule has 1 unspecified atom stereocenters. The summed E-state index contributed by atoms with van der Waals surface area (Å²) in [5.41, 5.74) is 5.23. The molecule has 5 heteroatoms. The number of carbonyl (C=O) groups is 1. The van der Waals surface area contributed by atoms with Gasteiger partial charge in [0.2, 0.25) is 0 Å². The highest BCUT2D eigenvalue weighted by molar-refractivity contribution is 5.88. The lowest BCUT2D eigenvalue weighted by Gasteiger charge is -2.31. The molecule has 1 N–H and O–H groups in total. The number of carbonyl (C=O) groups excluding carboxylic acids is 1. The highest BCUT2D eigenvalue weighted by Crippen LogP contribution is 2.42. The van der Waals surface area contributed by atoms with E-state index < -0.39 is 0 Å². The molecule has 3 aromatic rings. The normalized spacial score (nSPS) is 20.9. The van der Waals surface area contributed by atoms with Crippen molar-refractivity contribution in [1.29, 1.82) is 0 Å². The van der Waals surface area contributed by atoms with Gasteiger partial charge in [-0.2, -0.15) is 0 Å². The number of aldehydes is 1. The summed E-state index contributed by atoms with van der Waals surface area (Å²) in [5, 5.41) is 8.83. The number of benzene rings is 2. The van der Waals surface area contributed by atoms with Crippen LogP contribution in [0.15, 0.2) is 47.0 Å². The smallest absolute Gasteiger partial charge is 0.169 e. The van der Waals surface area contributed by atoms with E-state index in [9.17, 15) is 4.79 Å². The second-order valence-corrected chi connectivity index (χ2v) is 10.1. The molecule has 0 aliphatic carbocycles. The molecule has 2 aromatic carbocycles. The molecular formula is C27H33N3O2. The monoisotopic (exact) mass is 431 g/mol. The number of anilines is 1. The molecule has 5 nitrogen and oxygen atoms in total. The minimum absolute atomic E-state index is 0.201. The summed E-state index contributed by atoms with van der Waals surface area (Å²) < 4.78 is 5.66. The lowest BCUT2D eigenvalue weighted by atomic mass is 9.80. The number of fused-ring (bicyclic) bond motifs is 2. The van der Waals surface area contributed by atoms with Crippen LogP contribution in [0.2, 0.25) is 0 Å². The summed E-state index contributed by atoms with van der Waals surface area (Å²) in [7, 11) is 0. The molecule has 1 atom stereocenters. The maximum atomic E-state index is 11.5. The Labute approximate surface area is 190 Å². The zero-order valence-corrected chi connectivity index (χ0v) is 19.1. The van der Waals surface area contributed by atoms with Crippen LogP contribution in [-0.2, 0) is 23.1 Å². The zero-order chi connectivity index (χ0) is 22.1. The first-order chi connectivity index (χ1) is 15.5. The van der Waals surface area contributed by atoms with Gasteiger partial charge in [-0.1, -0.05) is 49.3 Å². The minimum atomic E-state index is -0.230. The first-order valence-corrected chi connectivity index (χ1v) is 12.0. The zero-order valence-electron chi connectivity index (χ0n) is 19.1. The summed E-state index contributed by atoms with van der Waals surface area (Å²) in [6.45, 7) is 7.78. The summed E-state index contributed by atoms with van der Waals surface area (Å²) in [5.74, 6) is 0.752. The lowest BCUT2D eigenvalue weighted by Crippen LogP contribution is -2.35. The van der Waals surface area contributed by atoms with Crippen molar-refractivity contribution < 1.29 is 9.32 Å². The predicted octanol–water partition coefficient (Wildman–Crippen LogP) is 4.99. The van der Waals surface area contributed by atoms with Gasteiger partial charge in [-0.3, -0.25) is 0 Å². The van der Waals surface area contributed by atoms with Gasteiger partial charge in [-0.05, 0) is 68.3 Å². The average Bonchev–Trinajstić information content (AvgIpc) is 3.33. The molecule has 2 aliphatic rings. The molecule has 32 heavy (non-hydrogen) atoms. The standard InChI is InChI=1S/C27H33N3O2/c1-27(2)22-16-21-23(29-32-25(21)17-24(22)28-26(27)18-31)9-8-20-11-14-30(15-12-20)13-10-19-6-4-3-5-7-19/h3-7,16-18,20,26,28H,8-15H2,1-2H3. The third kappa shape index (κ3) is 4.06. The van der Waals surface area contributed by atoms with Crippen molar-refractivity contribution in [3.8, 4) is 0 Å². The number of aromatic nitrogens is 1. The predicted molar refractivity (Wildman–Crippen MR) is 128 cm³/mol. The summed E-state index contributed by atoms with van der Waals surface area (Å²) >= 11 is 0. The Balaban J connectivity index is 1.17. The molecule has 3 heterocycles. The third-order valence-electron chi connectivity index (χ3n) is 7.66. The van der Waals surface area contributed by atoms with E-state index in [0.29, 0.717) is 0 Å². The number of piperidine rings is 1. The fourth-order valence-electron chi connectivity index (χ4n) is 5.36. The van der Waals surface area contributed by atoms with Crippen molar-refractivity contribution >= 4 is 22.9 Å². The van der Waals surface area contributed by atoms with Crippen molar-refractivity contribution in [3.63, 3.8) is 0 Å². The third-order valence-corrected chi connectivity index (χ3v) is 7.66. The Kier molecular flexibility index (Phi) is 5.76. The quantitative estimate of drug-likeness (QED) is 0.534. The number of likely N-dealkylation sites (tertiary alicyclic amines) is 1. The van der Waals surface area contributed by atoms with Crippen LogP contribution in [0.4, 0.5) is 5.69 Å². The number of rotatable bonds is 7. The van der Waals surface area contributed by atoms with Crippen LogP contribution in [0.5, 0.6) is 0 Å². The second kappa shape index (κ2) is 8.70.